The predicted octanol–water partition coefficient (Wildman–Crippen LogP) is 4.60. The van der Waals surface area contributed by atoms with Gasteiger partial charge in [-0.1, -0.05) is 19.1 Å². The number of hydrogen-bond acceptors (Lipinski definition) is 5. The fraction of sp³-hybridized carbons (Fsp3) is 0.346. The Kier molecular flexibility index (Phi) is 7.50. The normalized spacial score (nSPS) is 14.2. The molecule has 1 aliphatic rings. The molecule has 172 valence electrons. The molecule has 7 heteroatoms. The van der Waals surface area contributed by atoms with Crippen LogP contribution in [0.5, 0.6) is 5.75 Å². The average molecular weight is 449 g/mol. The van der Waals surface area contributed by atoms with Gasteiger partial charge in [0.2, 0.25) is 5.91 Å². The van der Waals surface area contributed by atoms with Gasteiger partial charge in [0, 0.05) is 37.3 Å². The first kappa shape index (κ1) is 22.7. The molecule has 0 bridgehead atoms. The molecular weight excluding hydrogens is 419 g/mol. The van der Waals surface area contributed by atoms with Crippen LogP contribution in [0.25, 0.3) is 11.4 Å². The number of piperidine rings is 1. The molecule has 4 rings (SSSR count). The number of hydrogen-bond donors (Lipinski definition) is 1. The number of carbonyl (C=O) groups is 1. The predicted molar refractivity (Wildman–Crippen MR) is 126 cm³/mol. The topological polar surface area (TPSA) is 67.3 Å². The number of benzene rings is 2. The van der Waals surface area contributed by atoms with Crippen molar-refractivity contribution in [1.29, 1.82) is 0 Å². The third-order valence-electron chi connectivity index (χ3n) is 5.80. The zero-order valence-electron chi connectivity index (χ0n) is 18.8. The van der Waals surface area contributed by atoms with Crippen LogP contribution in [0.1, 0.15) is 31.7 Å². The van der Waals surface area contributed by atoms with Gasteiger partial charge in [-0.15, -0.1) is 0 Å². The summed E-state index contributed by atoms with van der Waals surface area (Å²) in [7, 11) is 0. The average Bonchev–Trinajstić information content (AvgIpc) is 2.87. The Morgan fingerprint density at radius 2 is 1.82 bits per heavy atom. The molecule has 1 amide bonds. The lowest BCUT2D eigenvalue weighted by Gasteiger charge is -2.32. The molecule has 0 atom stereocenters. The molecule has 3 aromatic rings. The molecule has 0 saturated carbocycles. The van der Waals surface area contributed by atoms with Crippen molar-refractivity contribution in [3.8, 4) is 17.1 Å². The van der Waals surface area contributed by atoms with E-state index in [1.165, 1.54) is 12.1 Å². The quantitative estimate of drug-likeness (QED) is 0.545. The van der Waals surface area contributed by atoms with E-state index in [0.29, 0.717) is 19.0 Å². The van der Waals surface area contributed by atoms with E-state index in [0.717, 1.165) is 55.0 Å². The van der Waals surface area contributed by atoms with Crippen LogP contribution in [0.4, 0.5) is 10.2 Å². The summed E-state index contributed by atoms with van der Waals surface area (Å²) in [5.41, 5.74) is 1.83. The number of nitrogens with one attached hydrogen (secondary N) is 1. The molecule has 0 spiro atoms. The number of nitrogens with zero attached hydrogens (tertiary/aromatic N) is 3. The minimum atomic E-state index is -0.284. The van der Waals surface area contributed by atoms with Gasteiger partial charge in [0.1, 0.15) is 17.4 Å². The van der Waals surface area contributed by atoms with Gasteiger partial charge in [-0.3, -0.25) is 4.79 Å². The van der Waals surface area contributed by atoms with E-state index >= 15 is 0 Å². The lowest BCUT2D eigenvalue weighted by molar-refractivity contribution is -0.125. The van der Waals surface area contributed by atoms with E-state index in [1.807, 2.05) is 30.3 Å². The van der Waals surface area contributed by atoms with Gasteiger partial charge in [0.25, 0.3) is 0 Å². The van der Waals surface area contributed by atoms with Crippen LogP contribution in [0.2, 0.25) is 0 Å². The largest absolute Gasteiger partial charge is 0.494 e. The van der Waals surface area contributed by atoms with Crippen molar-refractivity contribution >= 4 is 11.7 Å². The molecule has 1 saturated heterocycles. The number of halogens is 1. The van der Waals surface area contributed by atoms with Crippen molar-refractivity contribution in [2.75, 3.05) is 24.6 Å². The minimum absolute atomic E-state index is 0.00758. The lowest BCUT2D eigenvalue weighted by atomic mass is 9.96. The summed E-state index contributed by atoms with van der Waals surface area (Å²) >= 11 is 0. The van der Waals surface area contributed by atoms with E-state index < -0.39 is 0 Å². The Hall–Kier alpha value is -3.48. The Bertz CT molecular complexity index is 1050. The Morgan fingerprint density at radius 1 is 1.09 bits per heavy atom. The van der Waals surface area contributed by atoms with E-state index in [1.54, 1.807) is 18.3 Å². The molecule has 1 aromatic heterocycles. The molecule has 1 fully saturated rings. The molecule has 2 heterocycles. The van der Waals surface area contributed by atoms with Crippen LogP contribution < -0.4 is 15.0 Å². The number of amides is 1. The van der Waals surface area contributed by atoms with Crippen molar-refractivity contribution in [3.63, 3.8) is 0 Å². The Balaban J connectivity index is 1.27. The summed E-state index contributed by atoms with van der Waals surface area (Å²) < 4.78 is 18.8. The number of carbonyl (C=O) groups excluding carboxylic acids is 1. The summed E-state index contributed by atoms with van der Waals surface area (Å²) in [6.45, 7) is 4.80. The van der Waals surface area contributed by atoms with Crippen molar-refractivity contribution in [1.82, 2.24) is 15.3 Å². The van der Waals surface area contributed by atoms with Crippen molar-refractivity contribution in [2.45, 2.75) is 32.7 Å². The molecule has 0 aliphatic carbocycles. The highest BCUT2D eigenvalue weighted by molar-refractivity contribution is 5.79. The molecule has 1 N–H and O–H groups in total. The smallest absolute Gasteiger partial charge is 0.223 e. The van der Waals surface area contributed by atoms with Crippen LogP contribution in [0.15, 0.2) is 60.8 Å². The van der Waals surface area contributed by atoms with Crippen LogP contribution >= 0.6 is 0 Å². The van der Waals surface area contributed by atoms with E-state index in [2.05, 4.69) is 27.1 Å². The maximum Gasteiger partial charge on any atom is 0.223 e. The van der Waals surface area contributed by atoms with Crippen molar-refractivity contribution in [2.24, 2.45) is 5.92 Å². The van der Waals surface area contributed by atoms with Gasteiger partial charge >= 0.3 is 0 Å². The van der Waals surface area contributed by atoms with Gasteiger partial charge in [-0.2, -0.15) is 0 Å². The van der Waals surface area contributed by atoms with Gasteiger partial charge in [0.15, 0.2) is 5.82 Å². The van der Waals surface area contributed by atoms with Crippen LogP contribution in [0, 0.1) is 11.7 Å². The zero-order chi connectivity index (χ0) is 23.0. The Morgan fingerprint density at radius 3 is 2.52 bits per heavy atom. The second kappa shape index (κ2) is 10.9. The van der Waals surface area contributed by atoms with E-state index in [-0.39, 0.29) is 17.6 Å². The SMILES string of the molecule is CCCOc1ccc(CNC(=O)C2CCN(c3ccnc(-c4ccc(F)cc4)n3)CC2)cc1. The number of anilines is 1. The molecule has 0 radical (unpaired) electrons. The Labute approximate surface area is 193 Å². The summed E-state index contributed by atoms with van der Waals surface area (Å²) in [5.74, 6) is 2.05. The maximum atomic E-state index is 13.2. The second-order valence-electron chi connectivity index (χ2n) is 8.22. The fourth-order valence-corrected chi connectivity index (χ4v) is 3.89. The van der Waals surface area contributed by atoms with Gasteiger partial charge in [0.05, 0.1) is 6.61 Å². The standard InChI is InChI=1S/C26H29FN4O2/c1-2-17-33-23-9-3-19(4-10-23)18-29-26(32)21-12-15-31(16-13-21)24-11-14-28-25(30-24)20-5-7-22(27)8-6-20/h3-11,14,21H,2,12-13,15-18H2,1H3,(H,29,32). The third kappa shape index (κ3) is 6.06. The fourth-order valence-electron chi connectivity index (χ4n) is 3.89. The summed E-state index contributed by atoms with van der Waals surface area (Å²) in [5, 5.41) is 3.07. The van der Waals surface area contributed by atoms with E-state index in [4.69, 9.17) is 4.74 Å². The molecule has 6 nitrogen and oxygen atoms in total. The zero-order valence-corrected chi connectivity index (χ0v) is 18.8. The third-order valence-corrected chi connectivity index (χ3v) is 5.80. The first-order valence-electron chi connectivity index (χ1n) is 11.5. The highest BCUT2D eigenvalue weighted by Crippen LogP contribution is 2.24. The van der Waals surface area contributed by atoms with Crippen molar-refractivity contribution < 1.29 is 13.9 Å². The van der Waals surface area contributed by atoms with Crippen LogP contribution in [0.3, 0.4) is 0 Å². The van der Waals surface area contributed by atoms with Gasteiger partial charge < -0.3 is 15.0 Å². The number of rotatable bonds is 8. The summed E-state index contributed by atoms with van der Waals surface area (Å²) in [6, 6.07) is 15.9. The number of ether oxygens (including phenoxy) is 1. The monoisotopic (exact) mass is 448 g/mol. The van der Waals surface area contributed by atoms with E-state index in [9.17, 15) is 9.18 Å². The summed E-state index contributed by atoms with van der Waals surface area (Å²) in [6.07, 6.45) is 4.23. The molecule has 33 heavy (non-hydrogen) atoms. The first-order chi connectivity index (χ1) is 16.1. The molecular formula is C26H29FN4O2. The highest BCUT2D eigenvalue weighted by Gasteiger charge is 2.25. The van der Waals surface area contributed by atoms with Crippen molar-refractivity contribution in [3.05, 3.63) is 72.2 Å². The van der Waals surface area contributed by atoms with Gasteiger partial charge in [-0.25, -0.2) is 14.4 Å². The molecule has 0 unspecified atom stereocenters. The lowest BCUT2D eigenvalue weighted by Crippen LogP contribution is -2.40. The molecule has 1 aliphatic heterocycles. The minimum Gasteiger partial charge on any atom is -0.494 e. The number of aromatic nitrogens is 2. The maximum absolute atomic E-state index is 13.2. The van der Waals surface area contributed by atoms with Crippen LogP contribution in [-0.4, -0.2) is 35.6 Å². The second-order valence-corrected chi connectivity index (χ2v) is 8.22. The highest BCUT2D eigenvalue weighted by atomic mass is 19.1. The first-order valence-corrected chi connectivity index (χ1v) is 11.5. The van der Waals surface area contributed by atoms with Gasteiger partial charge in [-0.05, 0) is 67.3 Å². The summed E-state index contributed by atoms with van der Waals surface area (Å²) in [4.78, 5) is 23.8. The van der Waals surface area contributed by atoms with Crippen LogP contribution in [-0.2, 0) is 11.3 Å². The molecule has 2 aromatic carbocycles.